The Morgan fingerprint density at radius 3 is 2.39 bits per heavy atom. The van der Waals surface area contributed by atoms with Crippen LogP contribution in [0.4, 0.5) is 5.00 Å². The first-order valence-electron chi connectivity index (χ1n) is 11.2. The van der Waals surface area contributed by atoms with E-state index in [0.29, 0.717) is 23.2 Å². The number of aromatic amines is 1. The first kappa shape index (κ1) is 23.5. The van der Waals surface area contributed by atoms with Gasteiger partial charge in [-0.25, -0.2) is 0 Å². The lowest BCUT2D eigenvalue weighted by molar-refractivity contribution is 0.0950. The molecule has 0 bridgehead atoms. The van der Waals surface area contributed by atoms with E-state index < -0.39 is 0 Å². The Kier molecular flexibility index (Phi) is 7.59. The van der Waals surface area contributed by atoms with Gasteiger partial charge in [-0.15, -0.1) is 11.3 Å². The third-order valence-electron chi connectivity index (χ3n) is 6.62. The topological polar surface area (TPSA) is 68.4 Å². The van der Waals surface area contributed by atoms with E-state index in [-0.39, 0.29) is 18.0 Å². The summed E-state index contributed by atoms with van der Waals surface area (Å²) in [6, 6.07) is 3.14. The molecule has 1 aliphatic carbocycles. The molecule has 0 saturated heterocycles. The molecule has 0 atom stereocenters. The van der Waals surface area contributed by atoms with Crippen LogP contribution in [0, 0.1) is 20.8 Å². The molecule has 2 aromatic heterocycles. The van der Waals surface area contributed by atoms with Crippen LogP contribution in [0.5, 0.6) is 0 Å². The first-order valence-corrected chi connectivity index (χ1v) is 12.1. The van der Waals surface area contributed by atoms with E-state index in [0.717, 1.165) is 23.4 Å². The highest BCUT2D eigenvalue weighted by molar-refractivity contribution is 7.14. The molecule has 1 aliphatic rings. The zero-order chi connectivity index (χ0) is 22.7. The van der Waals surface area contributed by atoms with Crippen LogP contribution in [0.2, 0.25) is 0 Å². The van der Waals surface area contributed by atoms with Crippen molar-refractivity contribution >= 4 is 22.2 Å². The van der Waals surface area contributed by atoms with Gasteiger partial charge in [0.1, 0.15) is 0 Å². The van der Waals surface area contributed by atoms with Gasteiger partial charge in [-0.2, -0.15) is 0 Å². The highest BCUT2D eigenvalue weighted by atomic mass is 32.1. The number of nitrogens with one attached hydrogen (secondary N) is 2. The van der Waals surface area contributed by atoms with Crippen molar-refractivity contribution in [3.63, 3.8) is 0 Å². The second-order valence-electron chi connectivity index (χ2n) is 8.92. The van der Waals surface area contributed by atoms with Crippen molar-refractivity contribution in [1.82, 2.24) is 15.2 Å². The van der Waals surface area contributed by atoms with Crippen LogP contribution < -0.4 is 15.8 Å². The van der Waals surface area contributed by atoms with Gasteiger partial charge in [0.15, 0.2) is 0 Å². The van der Waals surface area contributed by atoms with E-state index in [1.54, 1.807) is 11.3 Å². The lowest BCUT2D eigenvalue weighted by atomic mass is 9.89. The number of hydrogen-bond acceptors (Lipinski definition) is 5. The normalized spacial score (nSPS) is 18.9. The predicted molar refractivity (Wildman–Crippen MR) is 130 cm³/mol. The highest BCUT2D eigenvalue weighted by Gasteiger charge is 2.28. The smallest absolute Gasteiger partial charge is 0.253 e. The van der Waals surface area contributed by atoms with Crippen molar-refractivity contribution in [1.29, 1.82) is 0 Å². The fraction of sp³-hybridized carbons (Fsp3) is 0.583. The van der Waals surface area contributed by atoms with E-state index in [1.165, 1.54) is 30.7 Å². The third-order valence-corrected chi connectivity index (χ3v) is 7.73. The van der Waals surface area contributed by atoms with Crippen LogP contribution in [0.25, 0.3) is 0 Å². The van der Waals surface area contributed by atoms with Gasteiger partial charge in [-0.3, -0.25) is 9.59 Å². The van der Waals surface area contributed by atoms with Gasteiger partial charge in [0.2, 0.25) is 0 Å². The molecule has 2 N–H and O–H groups in total. The number of thiophene rings is 1. The number of pyridine rings is 1. The van der Waals surface area contributed by atoms with Crippen molar-refractivity contribution in [2.24, 2.45) is 0 Å². The Bertz CT molecular complexity index is 970. The van der Waals surface area contributed by atoms with Crippen LogP contribution in [-0.2, 0) is 6.54 Å². The standard InChI is InChI=1S/C24H36N4O2S/c1-7-28(19-10-8-18(9-11-19)27(5)6)24-17(4)21(14-31-24)22(29)25-13-20-15(2)12-16(3)26-23(20)30/h12,14,18-19H,7-11,13H2,1-6H3,(H,25,29)(H,26,30). The molecule has 6 nitrogen and oxygen atoms in total. The number of carbonyl (C=O) groups is 1. The number of anilines is 1. The van der Waals surface area contributed by atoms with Crippen molar-refractivity contribution in [2.45, 2.75) is 72.0 Å². The van der Waals surface area contributed by atoms with E-state index in [2.05, 4.69) is 41.1 Å². The summed E-state index contributed by atoms with van der Waals surface area (Å²) in [4.78, 5) is 32.8. The Hall–Kier alpha value is -2.12. The molecule has 0 spiro atoms. The molecule has 2 heterocycles. The summed E-state index contributed by atoms with van der Waals surface area (Å²) in [5.41, 5.74) is 3.95. The number of nitrogens with zero attached hydrogens (tertiary/aromatic N) is 2. The van der Waals surface area contributed by atoms with E-state index in [4.69, 9.17) is 0 Å². The Morgan fingerprint density at radius 2 is 1.81 bits per heavy atom. The predicted octanol–water partition coefficient (Wildman–Crippen LogP) is 3.99. The van der Waals surface area contributed by atoms with Gasteiger partial charge in [0.25, 0.3) is 11.5 Å². The average Bonchev–Trinajstić information content (AvgIpc) is 3.09. The minimum Gasteiger partial charge on any atom is -0.361 e. The van der Waals surface area contributed by atoms with Crippen LogP contribution in [0.15, 0.2) is 16.2 Å². The van der Waals surface area contributed by atoms with Gasteiger partial charge in [-0.05, 0) is 84.7 Å². The molecule has 1 fully saturated rings. The summed E-state index contributed by atoms with van der Waals surface area (Å²) in [5.74, 6) is -0.119. The lowest BCUT2D eigenvalue weighted by Gasteiger charge is -2.39. The Morgan fingerprint density at radius 1 is 1.16 bits per heavy atom. The highest BCUT2D eigenvalue weighted by Crippen LogP contribution is 2.36. The van der Waals surface area contributed by atoms with Gasteiger partial charge >= 0.3 is 0 Å². The maximum Gasteiger partial charge on any atom is 0.253 e. The summed E-state index contributed by atoms with van der Waals surface area (Å²) in [5, 5.41) is 6.11. The van der Waals surface area contributed by atoms with Gasteiger partial charge < -0.3 is 20.1 Å². The number of carbonyl (C=O) groups excluding carboxylic acids is 1. The van der Waals surface area contributed by atoms with Crippen LogP contribution in [0.3, 0.4) is 0 Å². The fourth-order valence-electron chi connectivity index (χ4n) is 4.73. The molecule has 0 unspecified atom stereocenters. The number of rotatable bonds is 7. The summed E-state index contributed by atoms with van der Waals surface area (Å²) in [6.45, 7) is 9.18. The van der Waals surface area contributed by atoms with Crippen LogP contribution >= 0.6 is 11.3 Å². The minimum atomic E-state index is -0.133. The fourth-order valence-corrected chi connectivity index (χ4v) is 5.95. The number of amides is 1. The molecule has 0 aromatic carbocycles. The number of aryl methyl sites for hydroxylation is 2. The molecule has 1 saturated carbocycles. The van der Waals surface area contributed by atoms with Crippen molar-refractivity contribution in [3.8, 4) is 0 Å². The molecule has 7 heteroatoms. The van der Waals surface area contributed by atoms with Crippen molar-refractivity contribution < 1.29 is 4.79 Å². The molecule has 0 radical (unpaired) electrons. The van der Waals surface area contributed by atoms with Crippen LogP contribution in [-0.4, -0.2) is 48.5 Å². The largest absolute Gasteiger partial charge is 0.361 e. The summed E-state index contributed by atoms with van der Waals surface area (Å²) >= 11 is 1.65. The number of H-pyrrole nitrogens is 1. The first-order chi connectivity index (χ1) is 14.7. The average molecular weight is 445 g/mol. The SMILES string of the molecule is CCN(c1scc(C(=O)NCc2c(C)cc(C)[nH]c2=O)c1C)C1CCC(N(C)C)CC1. The Balaban J connectivity index is 1.70. The van der Waals surface area contributed by atoms with Crippen molar-refractivity contribution in [3.05, 3.63) is 49.7 Å². The zero-order valence-corrected chi connectivity index (χ0v) is 20.5. The molecule has 170 valence electrons. The monoisotopic (exact) mass is 444 g/mol. The van der Waals surface area contributed by atoms with E-state index >= 15 is 0 Å². The molecular formula is C24H36N4O2S. The maximum absolute atomic E-state index is 12.9. The summed E-state index contributed by atoms with van der Waals surface area (Å²) < 4.78 is 0. The maximum atomic E-state index is 12.9. The second-order valence-corrected chi connectivity index (χ2v) is 9.78. The molecular weight excluding hydrogens is 408 g/mol. The van der Waals surface area contributed by atoms with Gasteiger partial charge in [0, 0.05) is 41.8 Å². The lowest BCUT2D eigenvalue weighted by Crippen LogP contribution is -2.42. The molecule has 31 heavy (non-hydrogen) atoms. The quantitative estimate of drug-likeness (QED) is 0.678. The minimum absolute atomic E-state index is 0.119. The molecule has 0 aliphatic heterocycles. The van der Waals surface area contributed by atoms with Crippen molar-refractivity contribution in [2.75, 3.05) is 25.5 Å². The molecule has 3 rings (SSSR count). The summed E-state index contributed by atoms with van der Waals surface area (Å²) in [6.07, 6.45) is 4.81. The van der Waals surface area contributed by atoms with Gasteiger partial charge in [-0.1, -0.05) is 0 Å². The zero-order valence-electron chi connectivity index (χ0n) is 19.7. The van der Waals surface area contributed by atoms with Gasteiger partial charge in [0.05, 0.1) is 10.6 Å². The Labute approximate surface area is 189 Å². The third kappa shape index (κ3) is 5.21. The number of hydrogen-bond donors (Lipinski definition) is 2. The second kappa shape index (κ2) is 10.0. The van der Waals surface area contributed by atoms with E-state index in [9.17, 15) is 9.59 Å². The molecule has 1 amide bonds. The van der Waals surface area contributed by atoms with E-state index in [1.807, 2.05) is 32.2 Å². The number of aromatic nitrogens is 1. The van der Waals surface area contributed by atoms with Crippen LogP contribution in [0.1, 0.15) is 65.3 Å². The summed E-state index contributed by atoms with van der Waals surface area (Å²) in [7, 11) is 4.34. The molecule has 2 aromatic rings.